The smallest absolute Gasteiger partial charge is 0.266 e. The third-order valence-corrected chi connectivity index (χ3v) is 4.21. The Morgan fingerprint density at radius 1 is 1.08 bits per heavy atom. The van der Waals surface area contributed by atoms with Gasteiger partial charge in [0.2, 0.25) is 5.91 Å². The van der Waals surface area contributed by atoms with Crippen molar-refractivity contribution in [1.29, 1.82) is 0 Å². The van der Waals surface area contributed by atoms with E-state index in [4.69, 9.17) is 5.84 Å². The van der Waals surface area contributed by atoms with E-state index in [0.29, 0.717) is 42.0 Å². The standard InChI is InChI=1S/C17H20N4O4S/c18-20-17(25)12-6-5-11(10-13(12)26)19-14(22)4-2-1-3-9-21-15(23)7-8-16(21)24/h5-8,10,26H,1-4,9,18H2,(H,19,22)(H,20,25). The van der Waals surface area contributed by atoms with Crippen molar-refractivity contribution in [2.24, 2.45) is 5.84 Å². The lowest BCUT2D eigenvalue weighted by Crippen LogP contribution is -2.30. The second kappa shape index (κ2) is 9.16. The highest BCUT2D eigenvalue weighted by Gasteiger charge is 2.22. The van der Waals surface area contributed by atoms with Crippen molar-refractivity contribution in [1.82, 2.24) is 10.3 Å². The van der Waals surface area contributed by atoms with Gasteiger partial charge < -0.3 is 5.32 Å². The molecule has 4 amide bonds. The molecule has 1 aromatic carbocycles. The number of nitrogens with zero attached hydrogens (tertiary/aromatic N) is 1. The van der Waals surface area contributed by atoms with Gasteiger partial charge in [-0.05, 0) is 31.0 Å². The number of benzene rings is 1. The molecule has 0 bridgehead atoms. The summed E-state index contributed by atoms with van der Waals surface area (Å²) in [6.45, 7) is 0.361. The molecule has 0 atom stereocenters. The zero-order chi connectivity index (χ0) is 19.1. The number of anilines is 1. The monoisotopic (exact) mass is 376 g/mol. The molecule has 0 radical (unpaired) electrons. The quantitative estimate of drug-likeness (QED) is 0.135. The first-order chi connectivity index (χ1) is 12.4. The van der Waals surface area contributed by atoms with Gasteiger partial charge in [-0.15, -0.1) is 12.6 Å². The van der Waals surface area contributed by atoms with Crippen LogP contribution in [0.3, 0.4) is 0 Å². The maximum atomic E-state index is 12.0. The summed E-state index contributed by atoms with van der Waals surface area (Å²) in [4.78, 5) is 47.8. The molecule has 26 heavy (non-hydrogen) atoms. The Hall–Kier alpha value is -2.65. The van der Waals surface area contributed by atoms with Crippen LogP contribution in [0.15, 0.2) is 35.2 Å². The fourth-order valence-electron chi connectivity index (χ4n) is 2.49. The molecule has 1 aliphatic rings. The van der Waals surface area contributed by atoms with Crippen molar-refractivity contribution in [2.75, 3.05) is 11.9 Å². The van der Waals surface area contributed by atoms with Crippen LogP contribution in [0, 0.1) is 0 Å². The van der Waals surface area contributed by atoms with Gasteiger partial charge in [0.05, 0.1) is 5.56 Å². The summed E-state index contributed by atoms with van der Waals surface area (Å²) in [7, 11) is 0. The average Bonchev–Trinajstić information content (AvgIpc) is 2.92. The minimum Gasteiger partial charge on any atom is -0.326 e. The van der Waals surface area contributed by atoms with Crippen molar-refractivity contribution in [3.05, 3.63) is 35.9 Å². The molecule has 9 heteroatoms. The highest BCUT2D eigenvalue weighted by atomic mass is 32.1. The summed E-state index contributed by atoms with van der Waals surface area (Å²) in [5.74, 6) is 3.88. The zero-order valence-electron chi connectivity index (χ0n) is 14.0. The van der Waals surface area contributed by atoms with Gasteiger partial charge in [-0.25, -0.2) is 5.84 Å². The molecular weight excluding hydrogens is 356 g/mol. The highest BCUT2D eigenvalue weighted by Crippen LogP contribution is 2.19. The second-order valence-electron chi connectivity index (χ2n) is 5.73. The molecule has 0 aliphatic carbocycles. The molecule has 0 spiro atoms. The number of hydrogen-bond acceptors (Lipinski definition) is 6. The largest absolute Gasteiger partial charge is 0.326 e. The maximum absolute atomic E-state index is 12.0. The zero-order valence-corrected chi connectivity index (χ0v) is 14.9. The van der Waals surface area contributed by atoms with Gasteiger partial charge in [0.1, 0.15) is 0 Å². The molecule has 2 rings (SSSR count). The molecular formula is C17H20N4O4S. The summed E-state index contributed by atoms with van der Waals surface area (Å²) < 4.78 is 0. The van der Waals surface area contributed by atoms with Crippen LogP contribution in [0.4, 0.5) is 5.69 Å². The van der Waals surface area contributed by atoms with Gasteiger partial charge in [0.15, 0.2) is 0 Å². The van der Waals surface area contributed by atoms with E-state index in [1.165, 1.54) is 23.1 Å². The topological polar surface area (TPSA) is 122 Å². The predicted molar refractivity (Wildman–Crippen MR) is 98.3 cm³/mol. The SMILES string of the molecule is NNC(=O)c1ccc(NC(=O)CCCCCN2C(=O)C=CC2=O)cc1S. The first-order valence-corrected chi connectivity index (χ1v) is 8.54. The van der Waals surface area contributed by atoms with E-state index >= 15 is 0 Å². The van der Waals surface area contributed by atoms with Crippen LogP contribution in [0.25, 0.3) is 0 Å². The van der Waals surface area contributed by atoms with Crippen molar-refractivity contribution in [3.63, 3.8) is 0 Å². The van der Waals surface area contributed by atoms with Crippen LogP contribution in [-0.2, 0) is 14.4 Å². The molecule has 1 heterocycles. The Bertz CT molecular complexity index is 745. The van der Waals surface area contributed by atoms with Gasteiger partial charge in [-0.3, -0.25) is 29.5 Å². The fraction of sp³-hybridized carbons (Fsp3) is 0.294. The van der Waals surface area contributed by atoms with Crippen LogP contribution >= 0.6 is 12.6 Å². The Labute approximate surface area is 156 Å². The first-order valence-electron chi connectivity index (χ1n) is 8.09. The number of nitrogens with two attached hydrogens (primary N) is 1. The number of carbonyl (C=O) groups is 4. The molecule has 0 fully saturated rings. The van der Waals surface area contributed by atoms with Crippen LogP contribution in [-0.4, -0.2) is 35.1 Å². The average molecular weight is 376 g/mol. The molecule has 1 aromatic rings. The molecule has 4 N–H and O–H groups in total. The lowest BCUT2D eigenvalue weighted by Gasteiger charge is -2.13. The number of unbranched alkanes of at least 4 members (excludes halogenated alkanes) is 2. The minimum absolute atomic E-state index is 0.163. The highest BCUT2D eigenvalue weighted by molar-refractivity contribution is 7.80. The molecule has 1 aliphatic heterocycles. The van der Waals surface area contributed by atoms with Gasteiger partial charge in [0.25, 0.3) is 17.7 Å². The summed E-state index contributed by atoms with van der Waals surface area (Å²) in [5, 5.41) is 2.73. The third-order valence-electron chi connectivity index (χ3n) is 3.84. The molecule has 0 saturated heterocycles. The van der Waals surface area contributed by atoms with E-state index in [1.807, 2.05) is 5.43 Å². The third kappa shape index (κ3) is 5.17. The van der Waals surface area contributed by atoms with Gasteiger partial charge in [0, 0.05) is 35.7 Å². The fourth-order valence-corrected chi connectivity index (χ4v) is 2.80. The number of nitrogens with one attached hydrogen (secondary N) is 2. The van der Waals surface area contributed by atoms with E-state index in [1.54, 1.807) is 12.1 Å². The number of imide groups is 1. The Morgan fingerprint density at radius 2 is 1.77 bits per heavy atom. The van der Waals surface area contributed by atoms with E-state index < -0.39 is 5.91 Å². The number of hydrogen-bond donors (Lipinski definition) is 4. The van der Waals surface area contributed by atoms with E-state index in [-0.39, 0.29) is 17.7 Å². The Kier molecular flexibility index (Phi) is 6.93. The van der Waals surface area contributed by atoms with Crippen LogP contribution in [0.5, 0.6) is 0 Å². The normalized spacial score (nSPS) is 13.2. The maximum Gasteiger partial charge on any atom is 0.266 e. The summed E-state index contributed by atoms with van der Waals surface area (Å²) >= 11 is 4.21. The summed E-state index contributed by atoms with van der Waals surface area (Å²) in [6, 6.07) is 4.70. The van der Waals surface area contributed by atoms with Crippen molar-refractivity contribution in [2.45, 2.75) is 30.6 Å². The van der Waals surface area contributed by atoms with Crippen molar-refractivity contribution in [3.8, 4) is 0 Å². The first kappa shape index (κ1) is 19.7. The van der Waals surface area contributed by atoms with E-state index in [2.05, 4.69) is 17.9 Å². The Balaban J connectivity index is 1.70. The molecule has 0 unspecified atom stereocenters. The lowest BCUT2D eigenvalue weighted by atomic mass is 10.1. The van der Waals surface area contributed by atoms with Crippen molar-refractivity contribution >= 4 is 41.9 Å². The van der Waals surface area contributed by atoms with Gasteiger partial charge in [-0.1, -0.05) is 6.42 Å². The summed E-state index contributed by atoms with van der Waals surface area (Å²) in [6.07, 6.45) is 4.83. The van der Waals surface area contributed by atoms with E-state index in [9.17, 15) is 19.2 Å². The number of hydrazine groups is 1. The molecule has 138 valence electrons. The van der Waals surface area contributed by atoms with Crippen LogP contribution < -0.4 is 16.6 Å². The predicted octanol–water partition coefficient (Wildman–Crippen LogP) is 1.00. The van der Waals surface area contributed by atoms with Gasteiger partial charge >= 0.3 is 0 Å². The number of carbonyl (C=O) groups excluding carboxylic acids is 4. The van der Waals surface area contributed by atoms with Crippen molar-refractivity contribution < 1.29 is 19.2 Å². The van der Waals surface area contributed by atoms with Gasteiger partial charge in [-0.2, -0.15) is 0 Å². The Morgan fingerprint density at radius 3 is 2.38 bits per heavy atom. The second-order valence-corrected chi connectivity index (χ2v) is 6.21. The lowest BCUT2D eigenvalue weighted by molar-refractivity contribution is -0.136. The molecule has 0 aromatic heterocycles. The number of thiol groups is 1. The van der Waals surface area contributed by atoms with Crippen LogP contribution in [0.1, 0.15) is 36.0 Å². The van der Waals surface area contributed by atoms with E-state index in [0.717, 1.165) is 6.42 Å². The number of rotatable bonds is 8. The molecule has 8 nitrogen and oxygen atoms in total. The number of nitrogen functional groups attached to an aromatic ring is 1. The number of amides is 4. The molecule has 0 saturated carbocycles. The minimum atomic E-state index is -0.460. The van der Waals surface area contributed by atoms with Crippen LogP contribution in [0.2, 0.25) is 0 Å². The summed E-state index contributed by atoms with van der Waals surface area (Å²) in [5.41, 5.74) is 2.87.